The Morgan fingerprint density at radius 1 is 1.22 bits per heavy atom. The maximum atomic E-state index is 5.46. The third-order valence-corrected chi connectivity index (χ3v) is 4.98. The first-order valence-electron chi connectivity index (χ1n) is 7.27. The molecule has 1 N–H and O–H groups in total. The second-order valence-electron chi connectivity index (χ2n) is 5.77. The van der Waals surface area contributed by atoms with E-state index in [0.717, 1.165) is 37.8 Å². The lowest BCUT2D eigenvalue weighted by atomic mass is 9.77. The Morgan fingerprint density at radius 2 is 1.89 bits per heavy atom. The smallest absolute Gasteiger partial charge is 0.168 e. The zero-order chi connectivity index (χ0) is 12.8. The molecule has 1 aliphatic heterocycles. The van der Waals surface area contributed by atoms with Gasteiger partial charge in [-0.15, -0.1) is 0 Å². The van der Waals surface area contributed by atoms with Gasteiger partial charge in [0.15, 0.2) is 5.11 Å². The van der Waals surface area contributed by atoms with Crippen LogP contribution in [-0.2, 0) is 4.74 Å². The third kappa shape index (κ3) is 3.58. The topological polar surface area (TPSA) is 24.5 Å². The molecule has 18 heavy (non-hydrogen) atoms. The predicted molar refractivity (Wildman–Crippen MR) is 78.8 cm³/mol. The number of thiocarbonyl (C=S) groups is 1. The summed E-state index contributed by atoms with van der Waals surface area (Å²) in [4.78, 5) is 2.35. The number of piperidine rings is 1. The highest BCUT2D eigenvalue weighted by Crippen LogP contribution is 2.46. The summed E-state index contributed by atoms with van der Waals surface area (Å²) in [5.74, 6) is 0. The molecule has 1 spiro atoms. The van der Waals surface area contributed by atoms with E-state index in [2.05, 4.69) is 10.2 Å². The van der Waals surface area contributed by atoms with E-state index in [-0.39, 0.29) is 0 Å². The van der Waals surface area contributed by atoms with Crippen LogP contribution in [0.5, 0.6) is 0 Å². The van der Waals surface area contributed by atoms with E-state index in [4.69, 9.17) is 17.0 Å². The summed E-state index contributed by atoms with van der Waals surface area (Å²) in [7, 11) is 1.74. The van der Waals surface area contributed by atoms with Crippen molar-refractivity contribution in [1.82, 2.24) is 10.2 Å². The summed E-state index contributed by atoms with van der Waals surface area (Å²) in [6.07, 6.45) is 9.50. The van der Waals surface area contributed by atoms with Crippen molar-refractivity contribution in [3.63, 3.8) is 0 Å². The predicted octanol–water partition coefficient (Wildman–Crippen LogP) is 2.55. The molecular weight excluding hydrogens is 244 g/mol. The van der Waals surface area contributed by atoms with Crippen molar-refractivity contribution in [3.8, 4) is 0 Å². The van der Waals surface area contributed by atoms with Crippen molar-refractivity contribution >= 4 is 17.3 Å². The second-order valence-corrected chi connectivity index (χ2v) is 6.16. The minimum Gasteiger partial charge on any atom is -0.385 e. The van der Waals surface area contributed by atoms with Crippen molar-refractivity contribution in [2.75, 3.05) is 33.4 Å². The van der Waals surface area contributed by atoms with Crippen LogP contribution in [-0.4, -0.2) is 43.4 Å². The van der Waals surface area contributed by atoms with Gasteiger partial charge in [0.05, 0.1) is 0 Å². The molecule has 0 aromatic carbocycles. The highest BCUT2D eigenvalue weighted by Gasteiger charge is 2.37. The van der Waals surface area contributed by atoms with Gasteiger partial charge in [-0.3, -0.25) is 0 Å². The second kappa shape index (κ2) is 6.71. The summed E-state index contributed by atoms with van der Waals surface area (Å²) in [6, 6.07) is 0. The fraction of sp³-hybridized carbons (Fsp3) is 0.929. The van der Waals surface area contributed by atoms with Crippen LogP contribution >= 0.6 is 12.2 Å². The molecule has 4 heteroatoms. The lowest BCUT2D eigenvalue weighted by Crippen LogP contribution is -2.46. The summed E-state index contributed by atoms with van der Waals surface area (Å²) in [6.45, 7) is 4.03. The van der Waals surface area contributed by atoms with Crippen LogP contribution < -0.4 is 5.32 Å². The lowest BCUT2D eigenvalue weighted by molar-refractivity contribution is 0.153. The molecule has 0 aromatic rings. The van der Waals surface area contributed by atoms with Gasteiger partial charge in [-0.2, -0.15) is 0 Å². The minimum absolute atomic E-state index is 0.683. The first kappa shape index (κ1) is 14.1. The van der Waals surface area contributed by atoms with Gasteiger partial charge in [0.25, 0.3) is 0 Å². The standard InChI is InChI=1S/C14H26N2OS/c1-17-12-4-9-15-13(18)16-10-7-14(8-11-16)5-2-3-6-14/h2-12H2,1H3,(H,15,18). The van der Waals surface area contributed by atoms with E-state index in [0.29, 0.717) is 5.41 Å². The monoisotopic (exact) mass is 270 g/mol. The van der Waals surface area contributed by atoms with E-state index >= 15 is 0 Å². The molecule has 3 nitrogen and oxygen atoms in total. The molecule has 0 radical (unpaired) electrons. The Labute approximate surface area is 116 Å². The Hall–Kier alpha value is -0.350. The Morgan fingerprint density at radius 3 is 2.50 bits per heavy atom. The van der Waals surface area contributed by atoms with Gasteiger partial charge < -0.3 is 15.0 Å². The molecule has 104 valence electrons. The fourth-order valence-corrected chi connectivity index (χ4v) is 3.62. The van der Waals surface area contributed by atoms with Crippen molar-refractivity contribution in [2.24, 2.45) is 5.41 Å². The van der Waals surface area contributed by atoms with E-state index in [9.17, 15) is 0 Å². The van der Waals surface area contributed by atoms with Gasteiger partial charge in [0.2, 0.25) is 0 Å². The van der Waals surface area contributed by atoms with Gasteiger partial charge in [0.1, 0.15) is 0 Å². The summed E-state index contributed by atoms with van der Waals surface area (Å²) < 4.78 is 5.04. The molecule has 1 heterocycles. The Balaban J connectivity index is 1.67. The number of hydrogen-bond donors (Lipinski definition) is 1. The number of nitrogens with one attached hydrogen (secondary N) is 1. The zero-order valence-corrected chi connectivity index (χ0v) is 12.4. The van der Waals surface area contributed by atoms with Gasteiger partial charge in [-0.25, -0.2) is 0 Å². The molecule has 0 unspecified atom stereocenters. The molecule has 0 amide bonds. The van der Waals surface area contributed by atoms with E-state index < -0.39 is 0 Å². The molecule has 1 aliphatic carbocycles. The highest BCUT2D eigenvalue weighted by molar-refractivity contribution is 7.80. The van der Waals surface area contributed by atoms with Gasteiger partial charge >= 0.3 is 0 Å². The average molecular weight is 270 g/mol. The lowest BCUT2D eigenvalue weighted by Gasteiger charge is -2.40. The number of ether oxygens (including phenoxy) is 1. The van der Waals surface area contributed by atoms with E-state index in [1.54, 1.807) is 7.11 Å². The molecule has 1 saturated carbocycles. The average Bonchev–Trinajstić information content (AvgIpc) is 2.84. The van der Waals surface area contributed by atoms with Crippen LogP contribution in [0, 0.1) is 5.41 Å². The molecule has 0 atom stereocenters. The number of hydrogen-bond acceptors (Lipinski definition) is 2. The number of nitrogens with zero attached hydrogens (tertiary/aromatic N) is 1. The van der Waals surface area contributed by atoms with Crippen molar-refractivity contribution in [2.45, 2.75) is 44.9 Å². The number of rotatable bonds is 4. The van der Waals surface area contributed by atoms with Crippen molar-refractivity contribution in [1.29, 1.82) is 0 Å². The molecule has 1 saturated heterocycles. The Kier molecular flexibility index (Phi) is 5.25. The van der Waals surface area contributed by atoms with Crippen molar-refractivity contribution in [3.05, 3.63) is 0 Å². The Bertz CT molecular complexity index is 267. The van der Waals surface area contributed by atoms with Gasteiger partial charge in [-0.1, -0.05) is 12.8 Å². The van der Waals surface area contributed by atoms with Crippen LogP contribution in [0.4, 0.5) is 0 Å². The largest absolute Gasteiger partial charge is 0.385 e. The maximum absolute atomic E-state index is 5.46. The molecule has 2 aliphatic rings. The van der Waals surface area contributed by atoms with Crippen LogP contribution in [0.1, 0.15) is 44.9 Å². The highest BCUT2D eigenvalue weighted by atomic mass is 32.1. The van der Waals surface area contributed by atoms with Crippen LogP contribution in [0.25, 0.3) is 0 Å². The van der Waals surface area contributed by atoms with Crippen LogP contribution in [0.3, 0.4) is 0 Å². The fourth-order valence-electron chi connectivity index (χ4n) is 3.33. The summed E-state index contributed by atoms with van der Waals surface area (Å²) >= 11 is 5.46. The first-order chi connectivity index (χ1) is 8.76. The number of likely N-dealkylation sites (tertiary alicyclic amines) is 1. The van der Waals surface area contributed by atoms with E-state index in [1.807, 2.05) is 0 Å². The first-order valence-corrected chi connectivity index (χ1v) is 7.68. The zero-order valence-electron chi connectivity index (χ0n) is 11.5. The molecule has 2 fully saturated rings. The summed E-state index contributed by atoms with van der Waals surface area (Å²) in [5, 5.41) is 4.29. The maximum Gasteiger partial charge on any atom is 0.168 e. The van der Waals surface area contributed by atoms with Gasteiger partial charge in [0, 0.05) is 33.4 Å². The van der Waals surface area contributed by atoms with E-state index in [1.165, 1.54) is 38.5 Å². The molecule has 0 bridgehead atoms. The number of methoxy groups -OCH3 is 1. The third-order valence-electron chi connectivity index (χ3n) is 4.58. The normalized spacial score (nSPS) is 22.4. The quantitative estimate of drug-likeness (QED) is 0.627. The van der Waals surface area contributed by atoms with Crippen molar-refractivity contribution < 1.29 is 4.74 Å². The SMILES string of the molecule is COCCCNC(=S)N1CCC2(CCCC2)CC1. The molecule has 2 rings (SSSR count). The van der Waals surface area contributed by atoms with Crippen LogP contribution in [0.15, 0.2) is 0 Å². The molecular formula is C14H26N2OS. The van der Waals surface area contributed by atoms with Crippen LogP contribution in [0.2, 0.25) is 0 Å². The molecule has 0 aromatic heterocycles. The summed E-state index contributed by atoms with van der Waals surface area (Å²) in [5.41, 5.74) is 0.683. The minimum atomic E-state index is 0.683. The van der Waals surface area contributed by atoms with Gasteiger partial charge in [-0.05, 0) is 49.7 Å².